The first kappa shape index (κ1) is 31.1. The predicted octanol–water partition coefficient (Wildman–Crippen LogP) is 6.67. The Labute approximate surface area is 250 Å². The molecule has 4 rings (SSSR count). The molecule has 220 valence electrons. The van der Waals surface area contributed by atoms with Gasteiger partial charge in [0.15, 0.2) is 21.3 Å². The third-order valence-electron chi connectivity index (χ3n) is 5.98. The average Bonchev–Trinajstić information content (AvgIpc) is 3.69. The van der Waals surface area contributed by atoms with Gasteiger partial charge in [-0.05, 0) is 65.9 Å². The summed E-state index contributed by atoms with van der Waals surface area (Å²) < 4.78 is 66.1. The number of halogens is 4. The van der Waals surface area contributed by atoms with Crippen molar-refractivity contribution in [3.8, 4) is 11.5 Å². The maximum absolute atomic E-state index is 13.0. The van der Waals surface area contributed by atoms with Crippen LogP contribution in [0.5, 0.6) is 11.5 Å². The van der Waals surface area contributed by atoms with Crippen LogP contribution in [-0.2, 0) is 26.7 Å². The third-order valence-corrected chi connectivity index (χ3v) is 8.26. The summed E-state index contributed by atoms with van der Waals surface area (Å²) in [5.41, 5.74) is 1.35. The van der Waals surface area contributed by atoms with E-state index in [1.54, 1.807) is 24.3 Å². The Balaban J connectivity index is 1.60. The molecular formula is C27H26Cl2F2NO7S2+. The number of sulfone groups is 1. The minimum Gasteiger partial charge on any atom is -0.489 e. The van der Waals surface area contributed by atoms with E-state index in [1.807, 2.05) is 0 Å². The molecule has 1 heterocycles. The van der Waals surface area contributed by atoms with Crippen LogP contribution in [0.25, 0.3) is 0 Å². The minimum absolute atomic E-state index is 0.0186. The zero-order chi connectivity index (χ0) is 29.7. The summed E-state index contributed by atoms with van der Waals surface area (Å²) in [6.07, 6.45) is 4.52. The highest BCUT2D eigenvalue weighted by atomic mass is 35.5. The molecule has 1 aliphatic rings. The quantitative estimate of drug-likeness (QED) is 0.101. The summed E-state index contributed by atoms with van der Waals surface area (Å²) in [5, 5.41) is 9.27. The maximum atomic E-state index is 13.0. The van der Waals surface area contributed by atoms with Crippen LogP contribution < -0.4 is 14.2 Å². The number of hydrogen-bond acceptors (Lipinski definition) is 8. The molecule has 1 atom stereocenters. The first-order chi connectivity index (χ1) is 19.4. The second-order valence-corrected chi connectivity index (χ2v) is 13.5. The molecule has 1 fully saturated rings. The van der Waals surface area contributed by atoms with Crippen molar-refractivity contribution in [3.05, 3.63) is 81.6 Å². The van der Waals surface area contributed by atoms with E-state index in [-0.39, 0.29) is 33.7 Å². The maximum Gasteiger partial charge on any atom is 0.387 e. The Morgan fingerprint density at radius 1 is 1.10 bits per heavy atom. The van der Waals surface area contributed by atoms with Crippen molar-refractivity contribution in [2.75, 3.05) is 12.9 Å². The summed E-state index contributed by atoms with van der Waals surface area (Å²) in [6, 6.07) is 10.7. The molecule has 1 N–H and O–H groups in total. The van der Waals surface area contributed by atoms with Gasteiger partial charge < -0.3 is 14.2 Å². The molecule has 0 amide bonds. The predicted molar refractivity (Wildman–Crippen MR) is 149 cm³/mol. The van der Waals surface area contributed by atoms with E-state index < -0.39 is 27.9 Å². The number of pyridine rings is 1. The number of thioether (sulfide) groups is 1. The molecule has 41 heavy (non-hydrogen) atoms. The molecule has 8 nitrogen and oxygen atoms in total. The van der Waals surface area contributed by atoms with Gasteiger partial charge in [-0.25, -0.2) is 13.2 Å². The van der Waals surface area contributed by atoms with Crippen LogP contribution in [0, 0.1) is 5.92 Å². The topological polar surface area (TPSA) is 103 Å². The van der Waals surface area contributed by atoms with Crippen LogP contribution in [0.1, 0.15) is 35.6 Å². The number of benzene rings is 2. The van der Waals surface area contributed by atoms with Gasteiger partial charge in [0, 0.05) is 27.9 Å². The van der Waals surface area contributed by atoms with Gasteiger partial charge in [-0.15, -0.1) is 0 Å². The van der Waals surface area contributed by atoms with Crippen molar-refractivity contribution in [2.24, 2.45) is 5.92 Å². The number of rotatable bonds is 12. The number of nitrogens with zero attached hydrogens (tertiary/aromatic N) is 1. The Morgan fingerprint density at radius 3 is 2.34 bits per heavy atom. The smallest absolute Gasteiger partial charge is 0.387 e. The normalized spacial score (nSPS) is 14.1. The summed E-state index contributed by atoms with van der Waals surface area (Å²) in [4.78, 5) is 13.5. The van der Waals surface area contributed by atoms with Gasteiger partial charge in [0.2, 0.25) is 12.4 Å². The summed E-state index contributed by atoms with van der Waals surface area (Å²) in [6.45, 7) is -2.74. The molecule has 14 heteroatoms. The van der Waals surface area contributed by atoms with Crippen LogP contribution in [-0.4, -0.2) is 38.4 Å². The molecule has 1 saturated carbocycles. The van der Waals surface area contributed by atoms with Crippen molar-refractivity contribution in [3.63, 3.8) is 0 Å². The highest BCUT2D eigenvalue weighted by molar-refractivity contribution is 8.13. The highest BCUT2D eigenvalue weighted by Crippen LogP contribution is 2.38. The van der Waals surface area contributed by atoms with Crippen molar-refractivity contribution in [2.45, 2.75) is 42.6 Å². The van der Waals surface area contributed by atoms with Gasteiger partial charge in [0.25, 0.3) is 0 Å². The van der Waals surface area contributed by atoms with Crippen molar-refractivity contribution < 1.29 is 46.1 Å². The molecule has 0 unspecified atom stereocenters. The number of aromatic nitrogens is 1. The number of carbonyl (C=O) groups excluding carboxylic acids is 1. The van der Waals surface area contributed by atoms with E-state index in [0.717, 1.165) is 30.9 Å². The van der Waals surface area contributed by atoms with Gasteiger partial charge in [0.05, 0.1) is 12.4 Å². The van der Waals surface area contributed by atoms with E-state index in [9.17, 15) is 27.2 Å². The van der Waals surface area contributed by atoms with Crippen LogP contribution >= 0.6 is 35.0 Å². The summed E-state index contributed by atoms with van der Waals surface area (Å²) in [7, 11) is -3.22. The van der Waals surface area contributed by atoms with Gasteiger partial charge in [-0.3, -0.25) is 5.21 Å². The summed E-state index contributed by atoms with van der Waals surface area (Å²) in [5.74, 6) is 0.116. The Bertz CT molecular complexity index is 1480. The fraction of sp³-hybridized carbons (Fsp3) is 0.333. The molecule has 0 spiro atoms. The SMILES string of the molecule is CS(=O)(=O)Cc1ccc(SC(=O)O[C@@H](Cc2c(Cl)c[n+](O)cc2Cl)c2ccc(OC(F)F)c(OCC3CC3)c2)cc1. The average molecular weight is 650 g/mol. The molecule has 0 radical (unpaired) electrons. The molecule has 0 aliphatic heterocycles. The first-order valence-corrected chi connectivity index (χ1v) is 15.9. The van der Waals surface area contributed by atoms with Crippen LogP contribution in [0.4, 0.5) is 13.6 Å². The first-order valence-electron chi connectivity index (χ1n) is 12.3. The molecule has 1 aromatic heterocycles. The van der Waals surface area contributed by atoms with E-state index >= 15 is 0 Å². The zero-order valence-electron chi connectivity index (χ0n) is 21.6. The van der Waals surface area contributed by atoms with Gasteiger partial charge >= 0.3 is 11.9 Å². The zero-order valence-corrected chi connectivity index (χ0v) is 24.8. The standard InChI is InChI=1S/C27H26Cl2F2NO7S2/c1-41(35,36)15-17-4-7-19(8-5-17)40-27(33)39-24(11-20-21(28)12-32(34)13-22(20)29)18-6-9-23(38-26(30)31)25(10-18)37-14-16-2-3-16/h4-10,12-13,16,24,26,34H,2-3,11,14-15H2,1H3/q+1/t24-/m0/s1. The van der Waals surface area contributed by atoms with E-state index in [0.29, 0.717) is 38.8 Å². The van der Waals surface area contributed by atoms with Crippen molar-refractivity contribution in [1.29, 1.82) is 0 Å². The monoisotopic (exact) mass is 648 g/mol. The number of carbonyl (C=O) groups is 1. The van der Waals surface area contributed by atoms with Crippen molar-refractivity contribution in [1.82, 2.24) is 0 Å². The van der Waals surface area contributed by atoms with Crippen LogP contribution in [0.2, 0.25) is 10.0 Å². The van der Waals surface area contributed by atoms with Gasteiger partial charge in [-0.1, -0.05) is 41.4 Å². The van der Waals surface area contributed by atoms with Gasteiger partial charge in [0.1, 0.15) is 16.1 Å². The van der Waals surface area contributed by atoms with Crippen molar-refractivity contribution >= 4 is 50.1 Å². The second-order valence-electron chi connectivity index (χ2n) is 9.53. The highest BCUT2D eigenvalue weighted by Gasteiger charge is 2.27. The van der Waals surface area contributed by atoms with Gasteiger partial charge in [-0.2, -0.15) is 8.78 Å². The number of ether oxygens (including phenoxy) is 3. The molecule has 2 aromatic carbocycles. The molecule has 0 saturated heterocycles. The lowest BCUT2D eigenvalue weighted by molar-refractivity contribution is -0.904. The molecule has 3 aromatic rings. The molecular weight excluding hydrogens is 623 g/mol. The second kappa shape index (κ2) is 13.5. The summed E-state index contributed by atoms with van der Waals surface area (Å²) >= 11 is 13.4. The fourth-order valence-corrected chi connectivity index (χ4v) is 5.90. The number of alkyl halides is 2. The fourth-order valence-electron chi connectivity index (χ4n) is 3.86. The number of hydrogen-bond donors (Lipinski definition) is 1. The largest absolute Gasteiger partial charge is 0.489 e. The lowest BCUT2D eigenvalue weighted by Crippen LogP contribution is -2.29. The molecule has 0 bridgehead atoms. The lowest BCUT2D eigenvalue weighted by atomic mass is 10.0. The van der Waals surface area contributed by atoms with Crippen LogP contribution in [0.15, 0.2) is 59.8 Å². The van der Waals surface area contributed by atoms with E-state index in [4.69, 9.17) is 32.7 Å². The molecule has 1 aliphatic carbocycles. The van der Waals surface area contributed by atoms with Crippen LogP contribution in [0.3, 0.4) is 0 Å². The Morgan fingerprint density at radius 2 is 1.76 bits per heavy atom. The minimum atomic E-state index is -3.22. The van der Waals surface area contributed by atoms with E-state index in [1.165, 1.54) is 30.6 Å². The van der Waals surface area contributed by atoms with E-state index in [2.05, 4.69) is 4.74 Å². The lowest BCUT2D eigenvalue weighted by Gasteiger charge is -2.21. The Kier molecular flexibility index (Phi) is 10.2. The Hall–Kier alpha value is -2.80. The third kappa shape index (κ3) is 9.63.